The molecule has 4 nitrogen and oxygen atoms in total. The van der Waals surface area contributed by atoms with E-state index in [0.717, 1.165) is 41.0 Å². The summed E-state index contributed by atoms with van der Waals surface area (Å²) in [5.74, 6) is 1.67. The molecule has 1 aromatic carbocycles. The van der Waals surface area contributed by atoms with E-state index in [4.69, 9.17) is 0 Å². The number of pyridine rings is 1. The molecule has 2 N–H and O–H groups in total. The van der Waals surface area contributed by atoms with Crippen LogP contribution in [0.5, 0.6) is 0 Å². The quantitative estimate of drug-likeness (QED) is 0.896. The second-order valence-electron chi connectivity index (χ2n) is 5.28. The molecule has 106 valence electrons. The summed E-state index contributed by atoms with van der Waals surface area (Å²) < 4.78 is 0. The van der Waals surface area contributed by atoms with Gasteiger partial charge in [-0.25, -0.2) is 4.99 Å². The monoisotopic (exact) mass is 290 g/mol. The third-order valence-corrected chi connectivity index (χ3v) is 3.30. The predicted molar refractivity (Wildman–Crippen MR) is 86.9 cm³/mol. The number of benzene rings is 1. The van der Waals surface area contributed by atoms with Gasteiger partial charge in [-0.1, -0.05) is 32.0 Å². The molecule has 1 aliphatic heterocycles. The third kappa shape index (κ3) is 2.85. The number of hydrogen-bond acceptors (Lipinski definition) is 4. The first-order valence-electron chi connectivity index (χ1n) is 6.71. The molecular formula is C15H19ClN4. The summed E-state index contributed by atoms with van der Waals surface area (Å²) in [5.41, 5.74) is 9.36. The molecular weight excluding hydrogens is 272 g/mol. The lowest BCUT2D eigenvalue weighted by atomic mass is 10.1. The molecule has 0 saturated carbocycles. The van der Waals surface area contributed by atoms with E-state index in [1.165, 1.54) is 0 Å². The minimum Gasteiger partial charge on any atom is -0.297 e. The molecule has 0 atom stereocenters. The van der Waals surface area contributed by atoms with E-state index in [-0.39, 0.29) is 12.4 Å². The zero-order valence-electron chi connectivity index (χ0n) is 11.7. The van der Waals surface area contributed by atoms with Gasteiger partial charge in [0.05, 0.1) is 17.4 Å². The highest BCUT2D eigenvalue weighted by Crippen LogP contribution is 2.33. The number of aromatic nitrogens is 1. The average molecular weight is 291 g/mol. The number of halogens is 1. The first-order valence-corrected chi connectivity index (χ1v) is 6.71. The lowest BCUT2D eigenvalue weighted by molar-refractivity contribution is 0.599. The zero-order valence-corrected chi connectivity index (χ0v) is 12.5. The van der Waals surface area contributed by atoms with E-state index in [0.29, 0.717) is 5.92 Å². The van der Waals surface area contributed by atoms with Crippen molar-refractivity contribution in [1.82, 2.24) is 10.4 Å². The summed E-state index contributed by atoms with van der Waals surface area (Å²) in [4.78, 5) is 9.10. The molecule has 0 bridgehead atoms. The Balaban J connectivity index is 0.00000147. The van der Waals surface area contributed by atoms with Crippen molar-refractivity contribution in [3.8, 4) is 0 Å². The molecule has 0 unspecified atom stereocenters. The molecule has 3 rings (SSSR count). The molecule has 0 fully saturated rings. The Bertz CT molecular complexity index is 637. The van der Waals surface area contributed by atoms with Crippen molar-refractivity contribution >= 4 is 40.5 Å². The van der Waals surface area contributed by atoms with E-state index >= 15 is 0 Å². The summed E-state index contributed by atoms with van der Waals surface area (Å²) in [6.07, 6.45) is 3.92. The first-order chi connectivity index (χ1) is 9.24. The Labute approximate surface area is 125 Å². The molecule has 2 heterocycles. The maximum atomic E-state index is 4.65. The van der Waals surface area contributed by atoms with Crippen LogP contribution in [0.1, 0.15) is 26.7 Å². The van der Waals surface area contributed by atoms with Gasteiger partial charge in [0.15, 0.2) is 0 Å². The Morgan fingerprint density at radius 2 is 1.95 bits per heavy atom. The minimum absolute atomic E-state index is 0. The largest absolute Gasteiger partial charge is 0.297 e. The molecule has 1 aromatic heterocycles. The van der Waals surface area contributed by atoms with Gasteiger partial charge in [0.25, 0.3) is 0 Å². The molecule has 0 spiro atoms. The van der Waals surface area contributed by atoms with Crippen LogP contribution in [0.15, 0.2) is 35.5 Å². The second-order valence-corrected chi connectivity index (χ2v) is 5.28. The number of para-hydroxylation sites is 1. The highest BCUT2D eigenvalue weighted by Gasteiger charge is 2.14. The van der Waals surface area contributed by atoms with Crippen molar-refractivity contribution in [2.24, 2.45) is 10.9 Å². The van der Waals surface area contributed by atoms with Crippen molar-refractivity contribution in [2.75, 3.05) is 5.43 Å². The van der Waals surface area contributed by atoms with E-state index in [2.05, 4.69) is 40.7 Å². The fraction of sp³-hybridized carbons (Fsp3) is 0.333. The highest BCUT2D eigenvalue weighted by atomic mass is 35.5. The average Bonchev–Trinajstić information content (AvgIpc) is 2.44. The van der Waals surface area contributed by atoms with Crippen LogP contribution in [-0.4, -0.2) is 10.8 Å². The Hall–Kier alpha value is -1.81. The number of fused-ring (bicyclic) bond motifs is 3. The van der Waals surface area contributed by atoms with Crippen molar-refractivity contribution < 1.29 is 0 Å². The van der Waals surface area contributed by atoms with Gasteiger partial charge in [-0.3, -0.25) is 15.8 Å². The lowest BCUT2D eigenvalue weighted by Gasteiger charge is -2.21. The minimum atomic E-state index is 0. The van der Waals surface area contributed by atoms with Crippen LogP contribution >= 0.6 is 12.4 Å². The fourth-order valence-corrected chi connectivity index (χ4v) is 2.20. The van der Waals surface area contributed by atoms with Gasteiger partial charge in [-0.05, 0) is 18.4 Å². The summed E-state index contributed by atoms with van der Waals surface area (Å²) in [7, 11) is 0. The Kier molecular flexibility index (Phi) is 4.45. The molecule has 20 heavy (non-hydrogen) atoms. The van der Waals surface area contributed by atoms with E-state index in [1.807, 2.05) is 24.4 Å². The van der Waals surface area contributed by atoms with Gasteiger partial charge in [-0.2, -0.15) is 0 Å². The van der Waals surface area contributed by atoms with Gasteiger partial charge < -0.3 is 0 Å². The van der Waals surface area contributed by atoms with Gasteiger partial charge in [-0.15, -0.1) is 12.4 Å². The molecule has 1 aliphatic rings. The molecule has 0 aliphatic carbocycles. The SMILES string of the molecule is CC(C)CCC1=Nc2cnc3ccccc3c2NN1.Cl. The van der Waals surface area contributed by atoms with E-state index < -0.39 is 0 Å². The third-order valence-electron chi connectivity index (χ3n) is 3.30. The normalized spacial score (nSPS) is 13.1. The lowest BCUT2D eigenvalue weighted by Crippen LogP contribution is -2.32. The number of nitrogens with one attached hydrogen (secondary N) is 2. The van der Waals surface area contributed by atoms with Crippen molar-refractivity contribution in [2.45, 2.75) is 26.7 Å². The topological polar surface area (TPSA) is 49.3 Å². The van der Waals surface area contributed by atoms with Crippen LogP contribution in [0.2, 0.25) is 0 Å². The molecule has 5 heteroatoms. The Morgan fingerprint density at radius 1 is 1.15 bits per heavy atom. The zero-order chi connectivity index (χ0) is 13.2. The number of hydrazine groups is 1. The smallest absolute Gasteiger partial charge is 0.121 e. The highest BCUT2D eigenvalue weighted by molar-refractivity contribution is 6.01. The standard InChI is InChI=1S/C15H18N4.ClH/c1-10(2)7-8-14-17-13-9-16-12-6-4-3-5-11(12)15(13)19-18-14;/h3-6,9-10,19H,7-8H2,1-2H3,(H,17,18);1H. The van der Waals surface area contributed by atoms with Crippen LogP contribution in [0.25, 0.3) is 10.9 Å². The van der Waals surface area contributed by atoms with Crippen LogP contribution in [0.3, 0.4) is 0 Å². The van der Waals surface area contributed by atoms with Crippen molar-refractivity contribution in [3.05, 3.63) is 30.5 Å². The second kappa shape index (κ2) is 6.09. The van der Waals surface area contributed by atoms with Crippen molar-refractivity contribution in [3.63, 3.8) is 0 Å². The first kappa shape index (κ1) is 14.6. The van der Waals surface area contributed by atoms with Crippen LogP contribution in [-0.2, 0) is 0 Å². The number of hydrogen-bond donors (Lipinski definition) is 2. The number of aliphatic imine (C=N–C) groups is 1. The number of anilines is 1. The van der Waals surface area contributed by atoms with Gasteiger partial charge in [0, 0.05) is 11.8 Å². The predicted octanol–water partition coefficient (Wildman–Crippen LogP) is 4.05. The maximum Gasteiger partial charge on any atom is 0.121 e. The molecule has 0 radical (unpaired) electrons. The Morgan fingerprint density at radius 3 is 2.75 bits per heavy atom. The molecule has 0 amide bonds. The number of nitrogens with zero attached hydrogens (tertiary/aromatic N) is 2. The van der Waals surface area contributed by atoms with Crippen LogP contribution in [0.4, 0.5) is 11.4 Å². The van der Waals surface area contributed by atoms with E-state index in [9.17, 15) is 0 Å². The van der Waals surface area contributed by atoms with Crippen LogP contribution < -0.4 is 10.9 Å². The maximum absolute atomic E-state index is 4.65. The summed E-state index contributed by atoms with van der Waals surface area (Å²) in [5, 5.41) is 1.10. The van der Waals surface area contributed by atoms with Gasteiger partial charge in [0.2, 0.25) is 0 Å². The van der Waals surface area contributed by atoms with Crippen LogP contribution in [0, 0.1) is 5.92 Å². The summed E-state index contributed by atoms with van der Waals surface area (Å²) >= 11 is 0. The van der Waals surface area contributed by atoms with Crippen molar-refractivity contribution in [1.29, 1.82) is 0 Å². The molecule has 2 aromatic rings. The van der Waals surface area contributed by atoms with Gasteiger partial charge in [0.1, 0.15) is 11.5 Å². The number of amidine groups is 1. The van der Waals surface area contributed by atoms with Gasteiger partial charge >= 0.3 is 0 Å². The van der Waals surface area contributed by atoms with E-state index in [1.54, 1.807) is 0 Å². The summed E-state index contributed by atoms with van der Waals surface area (Å²) in [6.45, 7) is 4.44. The molecule has 0 saturated heterocycles. The summed E-state index contributed by atoms with van der Waals surface area (Å²) in [6, 6.07) is 8.08. The number of rotatable bonds is 3. The fourth-order valence-electron chi connectivity index (χ4n) is 2.20.